The van der Waals surface area contributed by atoms with Gasteiger partial charge in [-0.1, -0.05) is 54.4 Å². The molecule has 0 radical (unpaired) electrons. The van der Waals surface area contributed by atoms with Gasteiger partial charge in [0.2, 0.25) is 0 Å². The molecule has 1 amide bonds. The highest BCUT2D eigenvalue weighted by atomic mass is 32.2. The van der Waals surface area contributed by atoms with Gasteiger partial charge in [-0.25, -0.2) is 8.42 Å². The molecule has 3 rings (SSSR count). The minimum atomic E-state index is -3.70. The number of nitrogens with one attached hydrogen (secondary N) is 2. The Kier molecular flexibility index (Phi) is 6.81. The fraction of sp³-hybridized carbons (Fsp3) is 0.240. The second kappa shape index (κ2) is 9.35. The zero-order valence-corrected chi connectivity index (χ0v) is 19.1. The Bertz CT molecular complexity index is 1170. The zero-order chi connectivity index (χ0) is 22.6. The van der Waals surface area contributed by atoms with Gasteiger partial charge in [0, 0.05) is 5.56 Å². The monoisotopic (exact) mass is 436 g/mol. The van der Waals surface area contributed by atoms with E-state index in [-0.39, 0.29) is 16.8 Å². The molecule has 2 N–H and O–H groups in total. The predicted octanol–water partition coefficient (Wildman–Crippen LogP) is 5.29. The molecule has 0 aliphatic carbocycles. The summed E-state index contributed by atoms with van der Waals surface area (Å²) in [5.74, 6) is -0.191. The summed E-state index contributed by atoms with van der Waals surface area (Å²) in [5, 5.41) is 3.07. The van der Waals surface area contributed by atoms with Crippen molar-refractivity contribution in [2.45, 2.75) is 45.1 Å². The van der Waals surface area contributed by atoms with Crippen LogP contribution < -0.4 is 10.0 Å². The van der Waals surface area contributed by atoms with Crippen molar-refractivity contribution in [3.05, 3.63) is 94.5 Å². The number of carbonyl (C=O) groups excluding carboxylic acids is 1. The van der Waals surface area contributed by atoms with E-state index in [0.717, 1.165) is 17.5 Å². The molecule has 162 valence electrons. The van der Waals surface area contributed by atoms with Gasteiger partial charge in [-0.15, -0.1) is 0 Å². The van der Waals surface area contributed by atoms with Gasteiger partial charge in [-0.2, -0.15) is 0 Å². The molecule has 0 heterocycles. The Morgan fingerprint density at radius 3 is 2.00 bits per heavy atom. The highest BCUT2D eigenvalue weighted by Crippen LogP contribution is 2.23. The highest BCUT2D eigenvalue weighted by Gasteiger charge is 2.18. The molecule has 0 unspecified atom stereocenters. The maximum Gasteiger partial charge on any atom is 0.261 e. The highest BCUT2D eigenvalue weighted by molar-refractivity contribution is 7.92. The Balaban J connectivity index is 1.75. The van der Waals surface area contributed by atoms with Crippen LogP contribution in [0.2, 0.25) is 0 Å². The van der Waals surface area contributed by atoms with Crippen LogP contribution in [0, 0.1) is 20.8 Å². The molecule has 0 bridgehead atoms. The van der Waals surface area contributed by atoms with Crippen LogP contribution in [0.3, 0.4) is 0 Å². The first-order chi connectivity index (χ1) is 14.7. The molecule has 3 aromatic carbocycles. The van der Waals surface area contributed by atoms with Crippen LogP contribution in [0.1, 0.15) is 52.0 Å². The molecule has 0 saturated heterocycles. The minimum Gasteiger partial charge on any atom is -0.345 e. The van der Waals surface area contributed by atoms with Crippen LogP contribution in [-0.4, -0.2) is 14.3 Å². The van der Waals surface area contributed by atoms with Gasteiger partial charge in [0.1, 0.15) is 0 Å². The summed E-state index contributed by atoms with van der Waals surface area (Å²) in [7, 11) is -3.70. The van der Waals surface area contributed by atoms with E-state index in [1.54, 1.807) is 49.4 Å². The van der Waals surface area contributed by atoms with E-state index < -0.39 is 10.0 Å². The SMILES string of the molecule is CC[C@@H](NC(=O)c1ccc(NS(=O)(=O)c2ccc(C)cc2)c(C)c1)c1ccc(C)cc1. The number of aryl methyl sites for hydroxylation is 3. The van der Waals surface area contributed by atoms with Crippen molar-refractivity contribution in [3.8, 4) is 0 Å². The summed E-state index contributed by atoms with van der Waals surface area (Å²) in [6.45, 7) is 7.74. The van der Waals surface area contributed by atoms with Gasteiger partial charge in [0.15, 0.2) is 0 Å². The first-order valence-electron chi connectivity index (χ1n) is 10.3. The third-order valence-electron chi connectivity index (χ3n) is 5.26. The van der Waals surface area contributed by atoms with E-state index in [2.05, 4.69) is 10.0 Å². The van der Waals surface area contributed by atoms with Gasteiger partial charge in [-0.05, 0) is 68.7 Å². The van der Waals surface area contributed by atoms with Crippen LogP contribution in [0.25, 0.3) is 0 Å². The second-order valence-electron chi connectivity index (χ2n) is 7.79. The minimum absolute atomic E-state index is 0.0897. The van der Waals surface area contributed by atoms with Crippen molar-refractivity contribution in [1.82, 2.24) is 5.32 Å². The molecule has 3 aromatic rings. The van der Waals surface area contributed by atoms with Crippen molar-refractivity contribution in [3.63, 3.8) is 0 Å². The lowest BCUT2D eigenvalue weighted by Gasteiger charge is -2.18. The van der Waals surface area contributed by atoms with Crippen molar-refractivity contribution in [2.24, 2.45) is 0 Å². The Morgan fingerprint density at radius 2 is 1.45 bits per heavy atom. The van der Waals surface area contributed by atoms with E-state index >= 15 is 0 Å². The molecule has 6 heteroatoms. The molecular weight excluding hydrogens is 408 g/mol. The van der Waals surface area contributed by atoms with Crippen LogP contribution in [0.4, 0.5) is 5.69 Å². The van der Waals surface area contributed by atoms with E-state index in [9.17, 15) is 13.2 Å². The van der Waals surface area contributed by atoms with Crippen LogP contribution in [0.5, 0.6) is 0 Å². The first-order valence-corrected chi connectivity index (χ1v) is 11.8. The van der Waals surface area contributed by atoms with Crippen molar-refractivity contribution in [2.75, 3.05) is 4.72 Å². The summed E-state index contributed by atoms with van der Waals surface area (Å²) in [4.78, 5) is 13.0. The predicted molar refractivity (Wildman–Crippen MR) is 125 cm³/mol. The lowest BCUT2D eigenvalue weighted by molar-refractivity contribution is 0.0935. The number of carbonyl (C=O) groups is 1. The third kappa shape index (κ3) is 5.52. The molecule has 1 atom stereocenters. The first kappa shape index (κ1) is 22.6. The summed E-state index contributed by atoms with van der Waals surface area (Å²) >= 11 is 0. The molecular formula is C25H28N2O3S. The quantitative estimate of drug-likeness (QED) is 0.528. The van der Waals surface area contributed by atoms with Crippen LogP contribution >= 0.6 is 0 Å². The van der Waals surface area contributed by atoms with Gasteiger partial charge in [0.25, 0.3) is 15.9 Å². The van der Waals surface area contributed by atoms with Crippen molar-refractivity contribution < 1.29 is 13.2 Å². The van der Waals surface area contributed by atoms with Gasteiger partial charge in [-0.3, -0.25) is 9.52 Å². The number of sulfonamides is 1. The Morgan fingerprint density at radius 1 is 0.871 bits per heavy atom. The summed E-state index contributed by atoms with van der Waals surface area (Å²) in [6.07, 6.45) is 0.766. The molecule has 31 heavy (non-hydrogen) atoms. The number of hydrogen-bond donors (Lipinski definition) is 2. The maximum absolute atomic E-state index is 12.8. The molecule has 5 nitrogen and oxygen atoms in total. The Labute approximate surface area is 184 Å². The standard InChI is InChI=1S/C25H28N2O3S/c1-5-23(20-10-6-17(2)7-11-20)26-25(28)21-12-15-24(19(4)16-21)27-31(29,30)22-13-8-18(3)9-14-22/h6-16,23,27H,5H2,1-4H3,(H,26,28)/t23-/m1/s1. The average Bonchev–Trinajstić information content (AvgIpc) is 2.74. The number of benzene rings is 3. The fourth-order valence-corrected chi connectivity index (χ4v) is 4.43. The molecule has 0 saturated carbocycles. The molecule has 0 aromatic heterocycles. The lowest BCUT2D eigenvalue weighted by atomic mass is 10.0. The molecule has 0 spiro atoms. The molecule has 0 aliphatic heterocycles. The maximum atomic E-state index is 12.8. The Hall–Kier alpha value is -3.12. The van der Waals surface area contributed by atoms with E-state index in [1.807, 2.05) is 45.0 Å². The number of rotatable bonds is 7. The summed E-state index contributed by atoms with van der Waals surface area (Å²) < 4.78 is 27.9. The van der Waals surface area contributed by atoms with Crippen LogP contribution in [0.15, 0.2) is 71.6 Å². The van der Waals surface area contributed by atoms with Crippen molar-refractivity contribution >= 4 is 21.6 Å². The van der Waals surface area contributed by atoms with Crippen molar-refractivity contribution in [1.29, 1.82) is 0 Å². The lowest BCUT2D eigenvalue weighted by Crippen LogP contribution is -2.28. The fourth-order valence-electron chi connectivity index (χ4n) is 3.30. The van der Waals surface area contributed by atoms with Gasteiger partial charge < -0.3 is 5.32 Å². The largest absolute Gasteiger partial charge is 0.345 e. The van der Waals surface area contributed by atoms with E-state index in [1.165, 1.54) is 5.56 Å². The third-order valence-corrected chi connectivity index (χ3v) is 6.64. The number of hydrogen-bond acceptors (Lipinski definition) is 3. The van der Waals surface area contributed by atoms with Gasteiger partial charge >= 0.3 is 0 Å². The zero-order valence-electron chi connectivity index (χ0n) is 18.3. The topological polar surface area (TPSA) is 75.3 Å². The molecule has 0 aliphatic rings. The number of anilines is 1. The van der Waals surface area contributed by atoms with E-state index in [4.69, 9.17) is 0 Å². The second-order valence-corrected chi connectivity index (χ2v) is 9.48. The summed E-state index contributed by atoms with van der Waals surface area (Å²) in [5.41, 5.74) is 4.82. The van der Waals surface area contributed by atoms with Gasteiger partial charge in [0.05, 0.1) is 16.6 Å². The smallest absolute Gasteiger partial charge is 0.261 e. The van der Waals surface area contributed by atoms with Crippen LogP contribution in [-0.2, 0) is 10.0 Å². The summed E-state index contributed by atoms with van der Waals surface area (Å²) in [6, 6.07) is 19.6. The van der Waals surface area contributed by atoms with E-state index in [0.29, 0.717) is 16.8 Å². The average molecular weight is 437 g/mol. The normalized spacial score (nSPS) is 12.3. The molecule has 0 fully saturated rings. The number of amides is 1.